The van der Waals surface area contributed by atoms with Gasteiger partial charge in [0.2, 0.25) is 11.8 Å². The molecule has 1 N–H and O–H groups in total. The number of amides is 2. The molecule has 2 saturated carbocycles. The molecule has 1 saturated heterocycles. The summed E-state index contributed by atoms with van der Waals surface area (Å²) in [6.07, 6.45) is 0.867. The zero-order chi connectivity index (χ0) is 24.7. The van der Waals surface area contributed by atoms with Gasteiger partial charge in [0.15, 0.2) is 0 Å². The van der Waals surface area contributed by atoms with E-state index < -0.39 is 5.97 Å². The zero-order valence-corrected chi connectivity index (χ0v) is 21.7. The lowest BCUT2D eigenvalue weighted by Gasteiger charge is -2.42. The molecular weight excluding hydrogens is 516 g/mol. The fraction of sp³-hybridized carbons (Fsp3) is 0.385. The molecule has 10 heteroatoms. The number of hydrogen-bond acceptors (Lipinski definition) is 8. The van der Waals surface area contributed by atoms with Crippen molar-refractivity contribution >= 4 is 57.9 Å². The number of thiazole rings is 1. The molecule has 0 unspecified atom stereocenters. The summed E-state index contributed by atoms with van der Waals surface area (Å²) in [7, 11) is 0. The Morgan fingerprint density at radius 3 is 2.53 bits per heavy atom. The van der Waals surface area contributed by atoms with Gasteiger partial charge in [-0.15, -0.1) is 23.1 Å². The Morgan fingerprint density at radius 2 is 1.83 bits per heavy atom. The maximum atomic E-state index is 13.8. The number of carbonyl (C=O) groups excluding carboxylic acids is 3. The van der Waals surface area contributed by atoms with Crippen molar-refractivity contribution in [3.63, 3.8) is 0 Å². The van der Waals surface area contributed by atoms with Gasteiger partial charge in [-0.25, -0.2) is 4.79 Å². The highest BCUT2D eigenvalue weighted by molar-refractivity contribution is 8.00. The molecule has 0 radical (unpaired) electrons. The van der Waals surface area contributed by atoms with Crippen molar-refractivity contribution in [2.45, 2.75) is 29.5 Å². The van der Waals surface area contributed by atoms with E-state index in [1.54, 1.807) is 54.3 Å². The standard InChI is InChI=1S/C26H22N2O5S3/c1-2-33-25(31)11-5-7-12(8-6-11)28-23(29)17-13-10-14(18(17)24(28)30)20-16(13)19(15-4-3-9-34-15)21-22(35-20)27-26(32)36-21/h3-9,13-14,16-20H,2,10H2,1H3,(H,27,32)/t13-,14-,16-,17+,18-,19-,20+/m0/s1. The summed E-state index contributed by atoms with van der Waals surface area (Å²) in [6, 6.07) is 10.7. The number of fused-ring (bicyclic) bond motifs is 9. The number of carbonyl (C=O) groups is 3. The predicted octanol–water partition coefficient (Wildman–Crippen LogP) is 4.35. The number of thioether (sulfide) groups is 1. The average molecular weight is 539 g/mol. The van der Waals surface area contributed by atoms with Crippen LogP contribution in [-0.4, -0.2) is 34.6 Å². The molecule has 184 valence electrons. The number of nitrogens with zero attached hydrogens (tertiary/aromatic N) is 1. The van der Waals surface area contributed by atoms with E-state index in [4.69, 9.17) is 4.74 Å². The largest absolute Gasteiger partial charge is 0.462 e. The monoisotopic (exact) mass is 538 g/mol. The summed E-state index contributed by atoms with van der Waals surface area (Å²) >= 11 is 4.67. The van der Waals surface area contributed by atoms with Crippen molar-refractivity contribution in [2.75, 3.05) is 11.5 Å². The van der Waals surface area contributed by atoms with Gasteiger partial charge in [0.05, 0.1) is 34.7 Å². The van der Waals surface area contributed by atoms with E-state index in [1.165, 1.54) is 21.1 Å². The molecule has 3 aromatic rings. The van der Waals surface area contributed by atoms with Crippen LogP contribution in [0.5, 0.6) is 0 Å². The number of thiophene rings is 1. The molecular formula is C26H22N2O5S3. The average Bonchev–Trinajstić information content (AvgIpc) is 3.67. The number of esters is 1. The van der Waals surface area contributed by atoms with Crippen LogP contribution in [0.15, 0.2) is 51.6 Å². The molecule has 2 bridgehead atoms. The third-order valence-electron chi connectivity index (χ3n) is 8.21. The van der Waals surface area contributed by atoms with Crippen LogP contribution in [0.3, 0.4) is 0 Å². The molecule has 3 fully saturated rings. The minimum absolute atomic E-state index is 0.0498. The molecule has 1 aromatic carbocycles. The smallest absolute Gasteiger partial charge is 0.338 e. The van der Waals surface area contributed by atoms with E-state index in [0.717, 1.165) is 16.3 Å². The molecule has 4 aliphatic rings. The summed E-state index contributed by atoms with van der Waals surface area (Å²) < 4.78 is 5.05. The van der Waals surface area contributed by atoms with E-state index in [0.29, 0.717) is 11.3 Å². The zero-order valence-electron chi connectivity index (χ0n) is 19.2. The number of hydrogen-bond donors (Lipinski definition) is 1. The lowest BCUT2D eigenvalue weighted by Crippen LogP contribution is -2.42. The summed E-state index contributed by atoms with van der Waals surface area (Å²) in [5, 5.41) is 3.17. The van der Waals surface area contributed by atoms with Gasteiger partial charge in [-0.2, -0.15) is 0 Å². The van der Waals surface area contributed by atoms with Crippen LogP contribution in [0.1, 0.15) is 39.4 Å². The van der Waals surface area contributed by atoms with Crippen molar-refractivity contribution in [1.29, 1.82) is 0 Å². The first-order valence-corrected chi connectivity index (χ1v) is 14.6. The Morgan fingerprint density at radius 1 is 1.08 bits per heavy atom. The maximum absolute atomic E-state index is 13.8. The molecule has 0 spiro atoms. The lowest BCUT2D eigenvalue weighted by molar-refractivity contribution is -0.123. The number of aromatic nitrogens is 1. The molecule has 2 aromatic heterocycles. The Kier molecular flexibility index (Phi) is 5.10. The van der Waals surface area contributed by atoms with Crippen molar-refractivity contribution in [3.8, 4) is 0 Å². The van der Waals surface area contributed by atoms with E-state index in [1.807, 2.05) is 6.07 Å². The molecule has 2 aliphatic carbocycles. The fourth-order valence-electron chi connectivity index (χ4n) is 7.02. The SMILES string of the molecule is CCOC(=O)c1ccc(N2C(=O)[C@@H]3[C@H]4C[C@H]([C@H]5Sc6[nH]c(=O)sc6[C@@H](c6cccs6)[C@H]45)[C@@H]3C2=O)cc1. The van der Waals surface area contributed by atoms with Crippen LogP contribution in [-0.2, 0) is 14.3 Å². The van der Waals surface area contributed by atoms with Crippen LogP contribution in [0.25, 0.3) is 0 Å². The van der Waals surface area contributed by atoms with Crippen LogP contribution in [0, 0.1) is 29.6 Å². The van der Waals surface area contributed by atoms with Gasteiger partial charge in [-0.3, -0.25) is 19.3 Å². The highest BCUT2D eigenvalue weighted by Gasteiger charge is 2.69. The highest BCUT2D eigenvalue weighted by Crippen LogP contribution is 2.68. The van der Waals surface area contributed by atoms with Crippen LogP contribution in [0.4, 0.5) is 5.69 Å². The van der Waals surface area contributed by atoms with Gasteiger partial charge in [-0.1, -0.05) is 17.4 Å². The first-order valence-electron chi connectivity index (χ1n) is 12.1. The Hall–Kier alpha value is -2.69. The number of aromatic amines is 1. The second-order valence-electron chi connectivity index (χ2n) is 9.76. The van der Waals surface area contributed by atoms with Crippen molar-refractivity contribution in [3.05, 3.63) is 66.8 Å². The number of imide groups is 1. The number of nitrogens with one attached hydrogen (secondary N) is 1. The van der Waals surface area contributed by atoms with Crippen LogP contribution >= 0.6 is 34.4 Å². The third kappa shape index (κ3) is 3.04. The van der Waals surface area contributed by atoms with Crippen molar-refractivity contribution in [2.24, 2.45) is 29.6 Å². The van der Waals surface area contributed by atoms with Gasteiger partial charge in [0, 0.05) is 20.9 Å². The van der Waals surface area contributed by atoms with E-state index in [2.05, 4.69) is 16.4 Å². The molecule has 7 rings (SSSR count). The Labute approximate surface area is 218 Å². The van der Waals surface area contributed by atoms with Gasteiger partial charge < -0.3 is 9.72 Å². The third-order valence-corrected chi connectivity index (χ3v) is 11.8. The minimum Gasteiger partial charge on any atom is -0.462 e. The quantitative estimate of drug-likeness (QED) is 0.392. The van der Waals surface area contributed by atoms with Crippen LogP contribution in [0.2, 0.25) is 0 Å². The number of benzene rings is 1. The molecule has 4 heterocycles. The number of rotatable bonds is 4. The summed E-state index contributed by atoms with van der Waals surface area (Å²) in [4.78, 5) is 58.4. The summed E-state index contributed by atoms with van der Waals surface area (Å²) in [5.74, 6) is -0.909. The molecule has 2 aliphatic heterocycles. The van der Waals surface area contributed by atoms with Crippen molar-refractivity contribution < 1.29 is 19.1 Å². The Balaban J connectivity index is 1.24. The minimum atomic E-state index is -0.427. The molecule has 7 nitrogen and oxygen atoms in total. The first-order chi connectivity index (χ1) is 17.5. The van der Waals surface area contributed by atoms with E-state index in [9.17, 15) is 19.2 Å². The van der Waals surface area contributed by atoms with Crippen molar-refractivity contribution in [1.82, 2.24) is 4.98 Å². The second kappa shape index (κ2) is 8.16. The Bertz CT molecular complexity index is 1440. The van der Waals surface area contributed by atoms with Gasteiger partial charge in [0.1, 0.15) is 0 Å². The normalized spacial score (nSPS) is 31.9. The summed E-state index contributed by atoms with van der Waals surface area (Å²) in [6.45, 7) is 2.03. The van der Waals surface area contributed by atoms with E-state index >= 15 is 0 Å². The second-order valence-corrected chi connectivity index (χ2v) is 12.9. The van der Waals surface area contributed by atoms with E-state index in [-0.39, 0.29) is 64.1 Å². The number of H-pyrrole nitrogens is 1. The van der Waals surface area contributed by atoms with Gasteiger partial charge in [-0.05, 0) is 66.8 Å². The molecule has 2 amide bonds. The highest BCUT2D eigenvalue weighted by atomic mass is 32.2. The number of anilines is 1. The number of ether oxygens (including phenoxy) is 1. The molecule has 36 heavy (non-hydrogen) atoms. The van der Waals surface area contributed by atoms with Gasteiger partial charge in [0.25, 0.3) is 0 Å². The fourth-order valence-corrected chi connectivity index (χ4v) is 10.9. The molecule has 7 atom stereocenters. The first kappa shape index (κ1) is 22.5. The topological polar surface area (TPSA) is 96.5 Å². The summed E-state index contributed by atoms with van der Waals surface area (Å²) in [5.41, 5.74) is 0.891. The van der Waals surface area contributed by atoms with Crippen LogP contribution < -0.4 is 9.77 Å². The maximum Gasteiger partial charge on any atom is 0.338 e. The van der Waals surface area contributed by atoms with Gasteiger partial charge >= 0.3 is 10.8 Å². The lowest BCUT2D eigenvalue weighted by atomic mass is 9.69. The predicted molar refractivity (Wildman–Crippen MR) is 138 cm³/mol.